The van der Waals surface area contributed by atoms with Crippen molar-refractivity contribution in [2.24, 2.45) is 0 Å². The summed E-state index contributed by atoms with van der Waals surface area (Å²) in [6, 6.07) is 7.86. The Morgan fingerprint density at radius 2 is 1.90 bits per heavy atom. The van der Waals surface area contributed by atoms with Crippen LogP contribution in [0.5, 0.6) is 0 Å². The van der Waals surface area contributed by atoms with Crippen LogP contribution in [0.1, 0.15) is 27.4 Å². The number of carbonyl (C=O) groups is 1. The number of amides is 1. The molecule has 0 unspecified atom stereocenters. The van der Waals surface area contributed by atoms with E-state index in [1.165, 1.54) is 12.1 Å². The van der Waals surface area contributed by atoms with Crippen LogP contribution in [0.15, 0.2) is 53.4 Å². The maximum absolute atomic E-state index is 13.0. The highest BCUT2D eigenvalue weighted by Crippen LogP contribution is 2.19. The summed E-state index contributed by atoms with van der Waals surface area (Å²) < 4.78 is 19.1. The Balaban J connectivity index is 1.39. The fraction of sp³-hybridized carbons (Fsp3) is 0.200. The van der Waals surface area contributed by atoms with E-state index in [2.05, 4.69) is 36.5 Å². The summed E-state index contributed by atoms with van der Waals surface area (Å²) in [4.78, 5) is 12.5. The van der Waals surface area contributed by atoms with Crippen molar-refractivity contribution in [1.82, 2.24) is 29.3 Å². The first kappa shape index (κ1) is 20.0. The van der Waals surface area contributed by atoms with E-state index in [4.69, 9.17) is 0 Å². The van der Waals surface area contributed by atoms with Gasteiger partial charge in [0.15, 0.2) is 5.69 Å². The predicted molar refractivity (Wildman–Crippen MR) is 113 cm³/mol. The van der Waals surface area contributed by atoms with Gasteiger partial charge in [-0.2, -0.15) is 15.3 Å². The minimum absolute atomic E-state index is 0.280. The van der Waals surface area contributed by atoms with E-state index in [1.807, 2.05) is 18.5 Å². The largest absolute Gasteiger partial charge is 0.318 e. The molecule has 3 heterocycles. The lowest BCUT2D eigenvalue weighted by Gasteiger charge is -2.04. The zero-order valence-electron chi connectivity index (χ0n) is 16.4. The summed E-state index contributed by atoms with van der Waals surface area (Å²) in [6.07, 6.45) is 5.01. The van der Waals surface area contributed by atoms with Gasteiger partial charge in [-0.25, -0.2) is 9.07 Å². The lowest BCUT2D eigenvalue weighted by molar-refractivity contribution is 0.102. The quantitative estimate of drug-likeness (QED) is 0.465. The van der Waals surface area contributed by atoms with Crippen molar-refractivity contribution in [3.05, 3.63) is 81.9 Å². The number of carbonyl (C=O) groups excluding carboxylic acids is 1. The molecular formula is C20H19BrFN7O. The number of aromatic nitrogens is 6. The third-order valence-electron chi connectivity index (χ3n) is 4.59. The number of hydrogen-bond donors (Lipinski definition) is 1. The summed E-state index contributed by atoms with van der Waals surface area (Å²) in [6.45, 7) is 4.76. The summed E-state index contributed by atoms with van der Waals surface area (Å²) in [7, 11) is 0. The molecule has 4 rings (SSSR count). The van der Waals surface area contributed by atoms with E-state index < -0.39 is 0 Å². The summed E-state index contributed by atoms with van der Waals surface area (Å²) in [5.74, 6) is -0.610. The number of aryl methyl sites for hydroxylation is 1. The van der Waals surface area contributed by atoms with Gasteiger partial charge in [-0.1, -0.05) is 12.1 Å². The van der Waals surface area contributed by atoms with Gasteiger partial charge in [-0.05, 0) is 53.5 Å². The molecule has 1 N–H and O–H groups in total. The third kappa shape index (κ3) is 4.33. The Kier molecular flexibility index (Phi) is 5.49. The molecule has 0 saturated carbocycles. The molecule has 3 aromatic heterocycles. The number of nitrogens with one attached hydrogen (secondary N) is 1. The Bertz CT molecular complexity index is 1190. The van der Waals surface area contributed by atoms with E-state index in [0.717, 1.165) is 21.4 Å². The highest BCUT2D eigenvalue weighted by atomic mass is 79.9. The van der Waals surface area contributed by atoms with Crippen LogP contribution >= 0.6 is 15.9 Å². The molecule has 8 nitrogen and oxygen atoms in total. The molecule has 0 fully saturated rings. The molecule has 154 valence electrons. The normalized spacial score (nSPS) is 11.1. The third-order valence-corrected chi connectivity index (χ3v) is 5.74. The predicted octanol–water partition coefficient (Wildman–Crippen LogP) is 3.60. The molecule has 30 heavy (non-hydrogen) atoms. The fourth-order valence-corrected chi connectivity index (χ4v) is 3.28. The summed E-state index contributed by atoms with van der Waals surface area (Å²) >= 11 is 3.50. The minimum atomic E-state index is -0.329. The standard InChI is InChI=1S/C20H19BrFN7O/c1-13-19(21)14(2)29(25-13)12-27-8-7-18(26-27)20(30)24-17-9-23-28(11-17)10-15-3-5-16(22)6-4-15/h3-9,11H,10,12H2,1-2H3,(H,24,30). The molecule has 0 aliphatic rings. The molecule has 1 amide bonds. The van der Waals surface area contributed by atoms with Crippen LogP contribution < -0.4 is 5.32 Å². The monoisotopic (exact) mass is 471 g/mol. The smallest absolute Gasteiger partial charge is 0.276 e. The van der Waals surface area contributed by atoms with Crippen LogP contribution in [-0.2, 0) is 13.2 Å². The number of hydrogen-bond acceptors (Lipinski definition) is 4. The van der Waals surface area contributed by atoms with Crippen molar-refractivity contribution >= 4 is 27.5 Å². The first-order chi connectivity index (χ1) is 14.4. The topological polar surface area (TPSA) is 82.6 Å². The second-order valence-electron chi connectivity index (χ2n) is 6.87. The number of nitrogens with zero attached hydrogens (tertiary/aromatic N) is 6. The van der Waals surface area contributed by atoms with Crippen molar-refractivity contribution in [3.8, 4) is 0 Å². The highest BCUT2D eigenvalue weighted by Gasteiger charge is 2.13. The number of rotatable bonds is 6. The van der Waals surface area contributed by atoms with E-state index in [-0.39, 0.29) is 11.7 Å². The van der Waals surface area contributed by atoms with Crippen molar-refractivity contribution in [1.29, 1.82) is 0 Å². The number of benzene rings is 1. The van der Waals surface area contributed by atoms with Gasteiger partial charge in [0.2, 0.25) is 0 Å². The Hall–Kier alpha value is -3.27. The molecule has 1 aromatic carbocycles. The van der Waals surface area contributed by atoms with E-state index in [0.29, 0.717) is 24.6 Å². The van der Waals surface area contributed by atoms with Crippen LogP contribution in [0, 0.1) is 19.7 Å². The van der Waals surface area contributed by atoms with E-state index in [9.17, 15) is 9.18 Å². The van der Waals surface area contributed by atoms with Gasteiger partial charge < -0.3 is 5.32 Å². The summed E-state index contributed by atoms with van der Waals surface area (Å²) in [5, 5.41) is 15.8. The molecular weight excluding hydrogens is 453 g/mol. The van der Waals surface area contributed by atoms with E-state index >= 15 is 0 Å². The zero-order valence-corrected chi connectivity index (χ0v) is 18.0. The second kappa shape index (κ2) is 8.23. The van der Waals surface area contributed by atoms with Crippen molar-refractivity contribution in [2.75, 3.05) is 5.32 Å². The van der Waals surface area contributed by atoms with Crippen molar-refractivity contribution < 1.29 is 9.18 Å². The van der Waals surface area contributed by atoms with Gasteiger partial charge in [0.05, 0.1) is 34.3 Å². The minimum Gasteiger partial charge on any atom is -0.318 e. The van der Waals surface area contributed by atoms with Gasteiger partial charge in [0.1, 0.15) is 12.5 Å². The highest BCUT2D eigenvalue weighted by molar-refractivity contribution is 9.10. The van der Waals surface area contributed by atoms with Crippen LogP contribution in [0.25, 0.3) is 0 Å². The molecule has 10 heteroatoms. The van der Waals surface area contributed by atoms with Gasteiger partial charge in [0.25, 0.3) is 5.91 Å². The molecule has 0 bridgehead atoms. The van der Waals surface area contributed by atoms with Gasteiger partial charge in [-0.3, -0.25) is 14.2 Å². The first-order valence-electron chi connectivity index (χ1n) is 9.20. The first-order valence-corrected chi connectivity index (χ1v) is 9.99. The van der Waals surface area contributed by atoms with Crippen LogP contribution in [0.3, 0.4) is 0 Å². The lowest BCUT2D eigenvalue weighted by Crippen LogP contribution is -2.15. The second-order valence-corrected chi connectivity index (χ2v) is 7.67. The van der Waals surface area contributed by atoms with Crippen LogP contribution in [-0.4, -0.2) is 35.2 Å². The number of anilines is 1. The number of halogens is 2. The van der Waals surface area contributed by atoms with E-state index in [1.54, 1.807) is 46.2 Å². The van der Waals surface area contributed by atoms with Gasteiger partial charge >= 0.3 is 0 Å². The maximum atomic E-state index is 13.0. The Morgan fingerprint density at radius 1 is 1.13 bits per heavy atom. The molecule has 4 aromatic rings. The molecule has 0 radical (unpaired) electrons. The Morgan fingerprint density at radius 3 is 2.60 bits per heavy atom. The van der Waals surface area contributed by atoms with Gasteiger partial charge in [0, 0.05) is 12.4 Å². The fourth-order valence-electron chi connectivity index (χ4n) is 3.00. The average molecular weight is 472 g/mol. The van der Waals surface area contributed by atoms with Crippen LogP contribution in [0.2, 0.25) is 0 Å². The van der Waals surface area contributed by atoms with Gasteiger partial charge in [-0.15, -0.1) is 0 Å². The molecule has 0 atom stereocenters. The average Bonchev–Trinajstić information content (AvgIpc) is 3.42. The SMILES string of the molecule is Cc1nn(Cn2ccc(C(=O)Nc3cnn(Cc4ccc(F)cc4)c3)n2)c(C)c1Br. The Labute approximate surface area is 180 Å². The maximum Gasteiger partial charge on any atom is 0.276 e. The molecule has 0 aliphatic carbocycles. The van der Waals surface area contributed by atoms with Crippen molar-refractivity contribution in [2.45, 2.75) is 27.1 Å². The zero-order chi connectivity index (χ0) is 21.3. The van der Waals surface area contributed by atoms with Crippen LogP contribution in [0.4, 0.5) is 10.1 Å². The molecule has 0 spiro atoms. The van der Waals surface area contributed by atoms with Crippen molar-refractivity contribution in [3.63, 3.8) is 0 Å². The molecule has 0 saturated heterocycles. The molecule has 0 aliphatic heterocycles. The summed E-state index contributed by atoms with van der Waals surface area (Å²) in [5.41, 5.74) is 3.64. The lowest BCUT2D eigenvalue weighted by atomic mass is 10.2.